The van der Waals surface area contributed by atoms with Crippen LogP contribution < -0.4 is 11.5 Å². The minimum Gasteiger partial charge on any atom is -0.369 e. The number of nitrogens with zero attached hydrogens (tertiary/aromatic N) is 4. The molecule has 1 aromatic heterocycles. The van der Waals surface area contributed by atoms with Crippen molar-refractivity contribution in [1.82, 2.24) is 9.55 Å². The van der Waals surface area contributed by atoms with E-state index in [9.17, 15) is 0 Å². The van der Waals surface area contributed by atoms with Gasteiger partial charge in [0.2, 0.25) is 5.96 Å². The molecule has 0 bridgehead atoms. The number of fused-ring (bicyclic) bond motifs is 1. The molecule has 0 unspecified atom stereocenters. The molecule has 3 rings (SSSR count). The molecule has 0 saturated heterocycles. The molecule has 8 heteroatoms. The fourth-order valence-electron chi connectivity index (χ4n) is 2.10. The lowest BCUT2D eigenvalue weighted by Gasteiger charge is -2.02. The molecule has 0 spiro atoms. The van der Waals surface area contributed by atoms with Crippen molar-refractivity contribution < 1.29 is 0 Å². The van der Waals surface area contributed by atoms with Crippen LogP contribution >= 0.6 is 23.4 Å². The van der Waals surface area contributed by atoms with Gasteiger partial charge in [0.15, 0.2) is 5.16 Å². The topological polar surface area (TPSA) is 94.6 Å². The number of guanidine groups is 1. The molecular weight excluding hydrogens is 308 g/mol. The lowest BCUT2D eigenvalue weighted by atomic mass is 10.1. The molecule has 108 valence electrons. The Balaban J connectivity index is 2.06. The Labute approximate surface area is 130 Å². The van der Waals surface area contributed by atoms with Crippen LogP contribution in [0.5, 0.6) is 0 Å². The summed E-state index contributed by atoms with van der Waals surface area (Å²) in [7, 11) is 0. The van der Waals surface area contributed by atoms with Gasteiger partial charge >= 0.3 is 0 Å². The Kier molecular flexibility index (Phi) is 3.85. The Bertz CT molecular complexity index is 715. The third kappa shape index (κ3) is 2.88. The summed E-state index contributed by atoms with van der Waals surface area (Å²) in [6.45, 7) is 0.893. The molecule has 21 heavy (non-hydrogen) atoms. The SMILES string of the molecule is NC(N)=NN=Cc1c(-c2ccc(Cl)cc2)nc2n1CCS2. The van der Waals surface area contributed by atoms with Gasteiger partial charge in [-0.3, -0.25) is 0 Å². The molecular formula is C13H13ClN6S. The summed E-state index contributed by atoms with van der Waals surface area (Å²) >= 11 is 7.65. The number of imidazole rings is 1. The zero-order valence-electron chi connectivity index (χ0n) is 11.0. The van der Waals surface area contributed by atoms with Crippen LogP contribution in [0.4, 0.5) is 0 Å². The summed E-state index contributed by atoms with van der Waals surface area (Å²) in [5.74, 6) is 0.932. The fourth-order valence-corrected chi connectivity index (χ4v) is 3.18. The molecule has 2 heterocycles. The molecule has 6 nitrogen and oxygen atoms in total. The number of thioether (sulfide) groups is 1. The van der Waals surface area contributed by atoms with Crippen molar-refractivity contribution in [3.8, 4) is 11.3 Å². The van der Waals surface area contributed by atoms with Crippen molar-refractivity contribution in [3.63, 3.8) is 0 Å². The molecule has 0 saturated carbocycles. The molecule has 1 aliphatic rings. The van der Waals surface area contributed by atoms with E-state index in [1.54, 1.807) is 18.0 Å². The number of hydrogen-bond donors (Lipinski definition) is 2. The van der Waals surface area contributed by atoms with Gasteiger partial charge in [-0.25, -0.2) is 4.98 Å². The van der Waals surface area contributed by atoms with Crippen molar-refractivity contribution in [2.45, 2.75) is 11.7 Å². The first-order valence-corrected chi connectivity index (χ1v) is 7.63. The Hall–Kier alpha value is -1.99. The summed E-state index contributed by atoms with van der Waals surface area (Å²) < 4.78 is 2.11. The second kappa shape index (κ2) is 5.79. The highest BCUT2D eigenvalue weighted by molar-refractivity contribution is 7.99. The standard InChI is InChI=1S/C13H13ClN6S/c14-9-3-1-8(2-4-9)11-10(7-17-19-12(15)16)20-5-6-21-13(20)18-11/h1-4,7H,5-6H2,(H4,15,16,19). The van der Waals surface area contributed by atoms with Crippen LogP contribution in [0.3, 0.4) is 0 Å². The predicted octanol–water partition coefficient (Wildman–Crippen LogP) is 1.92. The van der Waals surface area contributed by atoms with Crippen molar-refractivity contribution in [1.29, 1.82) is 0 Å². The quantitative estimate of drug-likeness (QED) is 0.513. The largest absolute Gasteiger partial charge is 0.369 e. The van der Waals surface area contributed by atoms with Crippen LogP contribution in [0.1, 0.15) is 5.69 Å². The number of nitrogens with two attached hydrogens (primary N) is 2. The number of halogens is 1. The maximum Gasteiger partial charge on any atom is 0.211 e. The highest BCUT2D eigenvalue weighted by Gasteiger charge is 2.21. The lowest BCUT2D eigenvalue weighted by molar-refractivity contribution is 0.715. The molecule has 1 aromatic carbocycles. The number of rotatable bonds is 3. The number of aromatic nitrogens is 2. The van der Waals surface area contributed by atoms with E-state index in [1.165, 1.54) is 0 Å². The smallest absolute Gasteiger partial charge is 0.211 e. The summed E-state index contributed by atoms with van der Waals surface area (Å²) in [6.07, 6.45) is 1.63. The normalized spacial score (nSPS) is 13.6. The van der Waals surface area contributed by atoms with Gasteiger partial charge in [0.25, 0.3) is 0 Å². The Morgan fingerprint density at radius 2 is 2.10 bits per heavy atom. The van der Waals surface area contributed by atoms with Crippen molar-refractivity contribution in [3.05, 3.63) is 35.0 Å². The van der Waals surface area contributed by atoms with Gasteiger partial charge < -0.3 is 16.0 Å². The predicted molar refractivity (Wildman–Crippen MR) is 86.8 cm³/mol. The van der Waals surface area contributed by atoms with Crippen LogP contribution in [0.15, 0.2) is 39.6 Å². The van der Waals surface area contributed by atoms with Crippen LogP contribution in [0.2, 0.25) is 5.02 Å². The van der Waals surface area contributed by atoms with Crippen molar-refractivity contribution in [2.75, 3.05) is 5.75 Å². The molecule has 0 aliphatic carbocycles. The molecule has 2 aromatic rings. The van der Waals surface area contributed by atoms with Crippen LogP contribution in [0.25, 0.3) is 11.3 Å². The van der Waals surface area contributed by atoms with Gasteiger partial charge in [0.05, 0.1) is 17.6 Å². The first kappa shape index (κ1) is 14.0. The third-order valence-electron chi connectivity index (χ3n) is 2.99. The summed E-state index contributed by atoms with van der Waals surface area (Å²) in [4.78, 5) is 4.67. The van der Waals surface area contributed by atoms with Gasteiger partial charge in [0, 0.05) is 22.9 Å². The van der Waals surface area contributed by atoms with Crippen molar-refractivity contribution >= 4 is 35.5 Å². The van der Waals surface area contributed by atoms with Crippen LogP contribution in [0, 0.1) is 0 Å². The van der Waals surface area contributed by atoms with Crippen LogP contribution in [-0.2, 0) is 6.54 Å². The Morgan fingerprint density at radius 3 is 2.81 bits per heavy atom. The maximum atomic E-state index is 5.93. The highest BCUT2D eigenvalue weighted by atomic mass is 35.5. The third-order valence-corrected chi connectivity index (χ3v) is 4.20. The average molecular weight is 321 g/mol. The van der Waals surface area contributed by atoms with E-state index < -0.39 is 0 Å². The zero-order chi connectivity index (χ0) is 14.8. The van der Waals surface area contributed by atoms with Crippen LogP contribution in [-0.4, -0.2) is 27.5 Å². The zero-order valence-corrected chi connectivity index (χ0v) is 12.6. The second-order valence-corrected chi connectivity index (χ2v) is 5.90. The average Bonchev–Trinajstić information content (AvgIpc) is 3.01. The van der Waals surface area contributed by atoms with Gasteiger partial charge in [0.1, 0.15) is 0 Å². The first-order chi connectivity index (χ1) is 10.1. The summed E-state index contributed by atoms with van der Waals surface area (Å²) in [6, 6.07) is 7.54. The monoisotopic (exact) mass is 320 g/mol. The molecule has 0 fully saturated rings. The second-order valence-electron chi connectivity index (χ2n) is 4.40. The van der Waals surface area contributed by atoms with E-state index >= 15 is 0 Å². The van der Waals surface area contributed by atoms with Gasteiger partial charge in [-0.2, -0.15) is 5.10 Å². The minimum absolute atomic E-state index is 0.0742. The van der Waals surface area contributed by atoms with Gasteiger partial charge in [-0.05, 0) is 12.1 Å². The highest BCUT2D eigenvalue weighted by Crippen LogP contribution is 2.32. The molecule has 1 aliphatic heterocycles. The van der Waals surface area contributed by atoms with E-state index in [1.807, 2.05) is 24.3 Å². The molecule has 0 amide bonds. The maximum absolute atomic E-state index is 5.93. The summed E-state index contributed by atoms with van der Waals surface area (Å²) in [5, 5.41) is 9.23. The van der Waals surface area contributed by atoms with Crippen molar-refractivity contribution in [2.24, 2.45) is 21.7 Å². The van der Waals surface area contributed by atoms with Gasteiger partial charge in [-0.15, -0.1) is 5.10 Å². The van der Waals surface area contributed by atoms with E-state index in [2.05, 4.69) is 19.8 Å². The number of hydrogen-bond acceptors (Lipinski definition) is 4. The molecule has 0 atom stereocenters. The lowest BCUT2D eigenvalue weighted by Crippen LogP contribution is -2.21. The minimum atomic E-state index is -0.0742. The molecule has 4 N–H and O–H groups in total. The van der Waals surface area contributed by atoms with E-state index in [4.69, 9.17) is 23.1 Å². The Morgan fingerprint density at radius 1 is 1.33 bits per heavy atom. The van der Waals surface area contributed by atoms with E-state index in [0.29, 0.717) is 5.02 Å². The van der Waals surface area contributed by atoms with E-state index in [0.717, 1.165) is 34.4 Å². The molecule has 0 radical (unpaired) electrons. The fraction of sp³-hybridized carbons (Fsp3) is 0.154. The first-order valence-electron chi connectivity index (χ1n) is 6.26. The number of benzene rings is 1. The summed E-state index contributed by atoms with van der Waals surface area (Å²) in [5.41, 5.74) is 13.3. The van der Waals surface area contributed by atoms with E-state index in [-0.39, 0.29) is 5.96 Å². The van der Waals surface area contributed by atoms with Gasteiger partial charge in [-0.1, -0.05) is 35.5 Å².